The van der Waals surface area contributed by atoms with Gasteiger partial charge >= 0.3 is 6.03 Å². The zero-order valence-corrected chi connectivity index (χ0v) is 13.8. The fraction of sp³-hybridized carbons (Fsp3) is 0.467. The summed E-state index contributed by atoms with van der Waals surface area (Å²) in [7, 11) is -3.30. The van der Waals surface area contributed by atoms with Gasteiger partial charge < -0.3 is 10.6 Å². The Morgan fingerprint density at radius 2 is 1.91 bits per heavy atom. The van der Waals surface area contributed by atoms with Gasteiger partial charge in [0.1, 0.15) is 0 Å². The number of hydrogen-bond acceptors (Lipinski definition) is 5. The summed E-state index contributed by atoms with van der Waals surface area (Å²) in [6.45, 7) is -0.120. The lowest BCUT2D eigenvalue weighted by Crippen LogP contribution is -2.45. The molecule has 0 saturated heterocycles. The number of benzene rings is 1. The molecule has 126 valence electrons. The first-order chi connectivity index (χ1) is 10.8. The first kappa shape index (κ1) is 17.3. The summed E-state index contributed by atoms with van der Waals surface area (Å²) in [5.41, 5.74) is 0.499. The Morgan fingerprint density at radius 3 is 2.57 bits per heavy atom. The molecule has 1 aromatic carbocycles. The summed E-state index contributed by atoms with van der Waals surface area (Å²) in [6, 6.07) is 5.82. The molecule has 0 atom stereocenters. The van der Waals surface area contributed by atoms with Gasteiger partial charge in [-0.1, -0.05) is 18.9 Å². The predicted molar refractivity (Wildman–Crippen MR) is 87.0 cm³/mol. The molecule has 1 fully saturated rings. The number of urea groups is 1. The largest absolute Gasteiger partial charge is 0.376 e. The third-order valence-corrected chi connectivity index (χ3v) is 4.77. The van der Waals surface area contributed by atoms with Crippen molar-refractivity contribution in [1.29, 1.82) is 0 Å². The van der Waals surface area contributed by atoms with Gasteiger partial charge in [-0.2, -0.15) is 0 Å². The van der Waals surface area contributed by atoms with E-state index in [4.69, 9.17) is 0 Å². The molecule has 3 N–H and O–H groups in total. The van der Waals surface area contributed by atoms with Gasteiger partial charge in [-0.25, -0.2) is 13.2 Å². The summed E-state index contributed by atoms with van der Waals surface area (Å²) in [5, 5.41) is 7.81. The second-order valence-corrected chi connectivity index (χ2v) is 7.67. The van der Waals surface area contributed by atoms with Crippen molar-refractivity contribution in [3.8, 4) is 0 Å². The molecule has 23 heavy (non-hydrogen) atoms. The summed E-state index contributed by atoms with van der Waals surface area (Å²) < 4.78 is 22.9. The highest BCUT2D eigenvalue weighted by atomic mass is 32.2. The Kier molecular flexibility index (Phi) is 5.59. The van der Waals surface area contributed by atoms with Gasteiger partial charge in [0.05, 0.1) is 11.4 Å². The Labute approximate surface area is 135 Å². The van der Waals surface area contributed by atoms with Crippen LogP contribution in [0.25, 0.3) is 0 Å². The highest BCUT2D eigenvalue weighted by Gasteiger charge is 2.18. The first-order valence-corrected chi connectivity index (χ1v) is 9.38. The minimum atomic E-state index is -3.30. The zero-order valence-electron chi connectivity index (χ0n) is 13.0. The minimum Gasteiger partial charge on any atom is -0.376 e. The van der Waals surface area contributed by atoms with Crippen LogP contribution in [0, 0.1) is 0 Å². The second-order valence-electron chi connectivity index (χ2n) is 5.66. The third kappa shape index (κ3) is 5.55. The molecule has 1 saturated carbocycles. The standard InChI is InChI=1S/C15H21N3O4S/c1-23(21,22)13-8-4-7-12(9-13)16-10-14(19)18-15(20)17-11-5-2-3-6-11/h4,7-9,11,16H,2-3,5-6,10H2,1H3,(H2,17,18,19,20). The van der Waals surface area contributed by atoms with E-state index in [0.717, 1.165) is 31.9 Å². The third-order valence-electron chi connectivity index (χ3n) is 3.66. The average molecular weight is 339 g/mol. The van der Waals surface area contributed by atoms with E-state index in [1.165, 1.54) is 12.1 Å². The first-order valence-electron chi connectivity index (χ1n) is 7.49. The molecule has 0 unspecified atom stereocenters. The van der Waals surface area contributed by atoms with Crippen LogP contribution in [-0.4, -0.2) is 39.2 Å². The van der Waals surface area contributed by atoms with Gasteiger partial charge in [0.2, 0.25) is 5.91 Å². The molecule has 0 radical (unpaired) electrons. The van der Waals surface area contributed by atoms with Crippen molar-refractivity contribution in [3.05, 3.63) is 24.3 Å². The molecule has 3 amide bonds. The van der Waals surface area contributed by atoms with E-state index >= 15 is 0 Å². The van der Waals surface area contributed by atoms with Crippen LogP contribution in [-0.2, 0) is 14.6 Å². The second kappa shape index (κ2) is 7.45. The average Bonchev–Trinajstić information content (AvgIpc) is 2.97. The Bertz CT molecular complexity index is 682. The maximum atomic E-state index is 11.7. The van der Waals surface area contributed by atoms with E-state index in [-0.39, 0.29) is 17.5 Å². The zero-order chi connectivity index (χ0) is 16.9. The highest BCUT2D eigenvalue weighted by molar-refractivity contribution is 7.90. The molecule has 0 bridgehead atoms. The fourth-order valence-electron chi connectivity index (χ4n) is 2.48. The number of hydrogen-bond donors (Lipinski definition) is 3. The molecular weight excluding hydrogens is 318 g/mol. The maximum Gasteiger partial charge on any atom is 0.321 e. The van der Waals surface area contributed by atoms with Crippen LogP contribution in [0.4, 0.5) is 10.5 Å². The summed E-state index contributed by atoms with van der Waals surface area (Å²) in [6.07, 6.45) is 5.19. The molecule has 1 aliphatic carbocycles. The van der Waals surface area contributed by atoms with Gasteiger partial charge in [-0.15, -0.1) is 0 Å². The van der Waals surface area contributed by atoms with E-state index in [1.54, 1.807) is 12.1 Å². The van der Waals surface area contributed by atoms with Crippen LogP contribution in [0.3, 0.4) is 0 Å². The lowest BCUT2D eigenvalue weighted by atomic mass is 10.2. The maximum absolute atomic E-state index is 11.7. The molecular formula is C15H21N3O4S. The fourth-order valence-corrected chi connectivity index (χ4v) is 3.15. The summed E-state index contributed by atoms with van der Waals surface area (Å²) >= 11 is 0. The molecule has 1 aromatic rings. The lowest BCUT2D eigenvalue weighted by Gasteiger charge is -2.12. The van der Waals surface area contributed by atoms with E-state index in [1.807, 2.05) is 0 Å². The summed E-state index contributed by atoms with van der Waals surface area (Å²) in [5.74, 6) is -0.481. The predicted octanol–water partition coefficient (Wildman–Crippen LogP) is 1.27. The van der Waals surface area contributed by atoms with Crippen LogP contribution >= 0.6 is 0 Å². The number of imide groups is 1. The van der Waals surface area contributed by atoms with Crippen LogP contribution < -0.4 is 16.0 Å². The molecule has 7 nitrogen and oxygen atoms in total. The number of sulfone groups is 1. The van der Waals surface area contributed by atoms with Gasteiger partial charge in [0, 0.05) is 18.0 Å². The quantitative estimate of drug-likeness (QED) is 0.749. The normalized spacial score (nSPS) is 15.2. The van der Waals surface area contributed by atoms with Gasteiger partial charge in [0.15, 0.2) is 9.84 Å². The lowest BCUT2D eigenvalue weighted by molar-refractivity contribution is -0.118. The number of carbonyl (C=O) groups is 2. The molecule has 0 aliphatic heterocycles. The van der Waals surface area contributed by atoms with E-state index in [9.17, 15) is 18.0 Å². The Hall–Kier alpha value is -2.09. The molecule has 2 rings (SSSR count). The van der Waals surface area contributed by atoms with Gasteiger partial charge in [0.25, 0.3) is 0 Å². The topological polar surface area (TPSA) is 104 Å². The van der Waals surface area contributed by atoms with Crippen molar-refractivity contribution >= 4 is 27.5 Å². The molecule has 0 heterocycles. The highest BCUT2D eigenvalue weighted by Crippen LogP contribution is 2.17. The minimum absolute atomic E-state index is 0.120. The molecule has 1 aliphatic rings. The molecule has 0 aromatic heterocycles. The van der Waals surface area contributed by atoms with Crippen LogP contribution in [0.5, 0.6) is 0 Å². The Morgan fingerprint density at radius 1 is 1.22 bits per heavy atom. The number of rotatable bonds is 5. The van der Waals surface area contributed by atoms with Crippen molar-refractivity contribution < 1.29 is 18.0 Å². The molecule has 0 spiro atoms. The number of amides is 3. The van der Waals surface area contributed by atoms with Gasteiger partial charge in [-0.3, -0.25) is 10.1 Å². The van der Waals surface area contributed by atoms with E-state index in [2.05, 4.69) is 16.0 Å². The van der Waals surface area contributed by atoms with Crippen LogP contribution in [0.2, 0.25) is 0 Å². The molecule has 8 heteroatoms. The van der Waals surface area contributed by atoms with E-state index < -0.39 is 21.8 Å². The summed E-state index contributed by atoms with van der Waals surface area (Å²) in [4.78, 5) is 23.6. The number of nitrogens with one attached hydrogen (secondary N) is 3. The number of anilines is 1. The van der Waals surface area contributed by atoms with Crippen molar-refractivity contribution in [3.63, 3.8) is 0 Å². The van der Waals surface area contributed by atoms with Crippen LogP contribution in [0.15, 0.2) is 29.2 Å². The van der Waals surface area contributed by atoms with Crippen molar-refractivity contribution in [1.82, 2.24) is 10.6 Å². The van der Waals surface area contributed by atoms with Crippen molar-refractivity contribution in [2.45, 2.75) is 36.6 Å². The SMILES string of the molecule is CS(=O)(=O)c1cccc(NCC(=O)NC(=O)NC2CCCC2)c1. The monoisotopic (exact) mass is 339 g/mol. The van der Waals surface area contributed by atoms with Crippen molar-refractivity contribution in [2.75, 3.05) is 18.1 Å². The number of carbonyl (C=O) groups excluding carboxylic acids is 2. The Balaban J connectivity index is 1.81. The van der Waals surface area contributed by atoms with E-state index in [0.29, 0.717) is 5.69 Å². The van der Waals surface area contributed by atoms with Crippen molar-refractivity contribution in [2.24, 2.45) is 0 Å². The smallest absolute Gasteiger partial charge is 0.321 e. The van der Waals surface area contributed by atoms with Crippen LogP contribution in [0.1, 0.15) is 25.7 Å². The van der Waals surface area contributed by atoms with Gasteiger partial charge in [-0.05, 0) is 31.0 Å².